The molecule has 0 radical (unpaired) electrons. The van der Waals surface area contributed by atoms with Gasteiger partial charge in [-0.3, -0.25) is 4.21 Å². The molecule has 0 aromatic rings. The molecular weight excluding hydrogens is 212 g/mol. The van der Waals surface area contributed by atoms with Crippen LogP contribution in [0.2, 0.25) is 0 Å². The third-order valence-electron chi connectivity index (χ3n) is 3.05. The number of hydrogen-bond acceptors (Lipinski definition) is 3. The van der Waals surface area contributed by atoms with Crippen LogP contribution in [0.1, 0.15) is 12.8 Å². The molecule has 0 aromatic carbocycles. The molecule has 1 saturated heterocycles. The van der Waals surface area contributed by atoms with E-state index in [0.717, 1.165) is 32.5 Å². The van der Waals surface area contributed by atoms with Crippen LogP contribution >= 0.6 is 0 Å². The summed E-state index contributed by atoms with van der Waals surface area (Å²) in [4.78, 5) is 2.18. The van der Waals surface area contributed by atoms with Gasteiger partial charge in [0.15, 0.2) is 0 Å². The molecule has 0 amide bonds. The molecule has 0 spiro atoms. The standard InChI is InChI=1S/C10H22N2O2S/c1-11(8-9-13)10-4-6-12(7-5-10)15(2,3)14/h10,13H,2,4-9H2,1,3H3. The minimum Gasteiger partial charge on any atom is -0.395 e. The smallest absolute Gasteiger partial charge is 0.0558 e. The molecule has 0 aromatic heterocycles. The zero-order valence-electron chi connectivity index (χ0n) is 9.69. The maximum absolute atomic E-state index is 11.7. The van der Waals surface area contributed by atoms with Crippen molar-refractivity contribution in [1.82, 2.24) is 9.21 Å². The van der Waals surface area contributed by atoms with Crippen LogP contribution in [-0.2, 0) is 9.71 Å². The molecule has 90 valence electrons. The van der Waals surface area contributed by atoms with Crippen LogP contribution in [0.25, 0.3) is 0 Å². The molecule has 1 aliphatic heterocycles. The summed E-state index contributed by atoms with van der Waals surface area (Å²) in [6.45, 7) is 2.62. The molecule has 4 nitrogen and oxygen atoms in total. The predicted octanol–water partition coefficient (Wildman–Crippen LogP) is -0.364. The van der Waals surface area contributed by atoms with Gasteiger partial charge in [0.2, 0.25) is 0 Å². The number of aliphatic hydroxyl groups is 1. The first-order valence-corrected chi connectivity index (χ1v) is 7.43. The lowest BCUT2D eigenvalue weighted by Gasteiger charge is -2.36. The fourth-order valence-electron chi connectivity index (χ4n) is 2.01. The Labute approximate surface area is 93.0 Å². The molecule has 1 unspecified atom stereocenters. The van der Waals surface area contributed by atoms with E-state index in [2.05, 4.69) is 10.8 Å². The summed E-state index contributed by atoms with van der Waals surface area (Å²) in [6, 6.07) is 0.509. The van der Waals surface area contributed by atoms with E-state index in [9.17, 15) is 4.21 Å². The second kappa shape index (κ2) is 5.30. The van der Waals surface area contributed by atoms with Gasteiger partial charge in [0.1, 0.15) is 0 Å². The van der Waals surface area contributed by atoms with Crippen molar-refractivity contribution in [2.45, 2.75) is 18.9 Å². The van der Waals surface area contributed by atoms with Crippen molar-refractivity contribution in [2.24, 2.45) is 0 Å². The van der Waals surface area contributed by atoms with Crippen molar-refractivity contribution in [1.29, 1.82) is 0 Å². The van der Waals surface area contributed by atoms with Crippen molar-refractivity contribution in [3.8, 4) is 0 Å². The summed E-state index contributed by atoms with van der Waals surface area (Å²) >= 11 is 0. The Bertz CT molecular complexity index is 282. The first-order valence-electron chi connectivity index (χ1n) is 5.33. The SMILES string of the molecule is C=S(C)(=O)N1CCC(N(C)CCO)CC1. The van der Waals surface area contributed by atoms with Crippen LogP contribution in [-0.4, -0.2) is 70.0 Å². The molecule has 1 heterocycles. The summed E-state index contributed by atoms with van der Waals surface area (Å²) in [7, 11) is 0.00988. The fraction of sp³-hybridized carbons (Fsp3) is 0.900. The Kier molecular flexibility index (Phi) is 4.58. The Morgan fingerprint density at radius 1 is 1.53 bits per heavy atom. The van der Waals surface area contributed by atoms with Crippen molar-refractivity contribution < 1.29 is 9.32 Å². The first-order chi connectivity index (χ1) is 6.95. The third-order valence-corrected chi connectivity index (χ3v) is 4.50. The van der Waals surface area contributed by atoms with Gasteiger partial charge < -0.3 is 10.0 Å². The number of rotatable bonds is 4. The zero-order valence-corrected chi connectivity index (χ0v) is 10.5. The summed E-state index contributed by atoms with van der Waals surface area (Å²) in [5.41, 5.74) is 0. The van der Waals surface area contributed by atoms with E-state index in [1.807, 2.05) is 11.4 Å². The Morgan fingerprint density at radius 2 is 2.07 bits per heavy atom. The van der Waals surface area contributed by atoms with Crippen LogP contribution in [0.4, 0.5) is 0 Å². The summed E-state index contributed by atoms with van der Waals surface area (Å²) in [5.74, 6) is 3.70. The van der Waals surface area contributed by atoms with E-state index >= 15 is 0 Å². The van der Waals surface area contributed by atoms with Crippen LogP contribution in [0.15, 0.2) is 0 Å². The minimum absolute atomic E-state index is 0.205. The van der Waals surface area contributed by atoms with E-state index in [1.165, 1.54) is 0 Å². The molecule has 1 aliphatic rings. The average Bonchev–Trinajstić information content (AvgIpc) is 2.17. The second-order valence-corrected chi connectivity index (χ2v) is 6.76. The van der Waals surface area contributed by atoms with Gasteiger partial charge in [0, 0.05) is 41.6 Å². The molecule has 1 atom stereocenters. The van der Waals surface area contributed by atoms with E-state index in [1.54, 1.807) is 6.26 Å². The van der Waals surface area contributed by atoms with Gasteiger partial charge in [0.25, 0.3) is 0 Å². The molecule has 0 saturated carbocycles. The topological polar surface area (TPSA) is 43.8 Å². The Hall–Kier alpha value is -0.100. The summed E-state index contributed by atoms with van der Waals surface area (Å²) in [6.07, 6.45) is 3.72. The monoisotopic (exact) mass is 234 g/mol. The van der Waals surface area contributed by atoms with Gasteiger partial charge in [-0.25, -0.2) is 4.31 Å². The molecule has 1 N–H and O–H groups in total. The van der Waals surface area contributed by atoms with Gasteiger partial charge in [-0.05, 0) is 25.8 Å². The number of likely N-dealkylation sites (N-methyl/N-ethyl adjacent to an activating group) is 1. The highest BCUT2D eigenvalue weighted by atomic mass is 32.2. The zero-order chi connectivity index (χ0) is 11.5. The number of aliphatic hydroxyl groups excluding tert-OH is 1. The van der Waals surface area contributed by atoms with Gasteiger partial charge in [-0.15, -0.1) is 0 Å². The van der Waals surface area contributed by atoms with Crippen molar-refractivity contribution in [3.05, 3.63) is 0 Å². The first kappa shape index (κ1) is 13.0. The van der Waals surface area contributed by atoms with E-state index in [0.29, 0.717) is 6.04 Å². The van der Waals surface area contributed by atoms with E-state index < -0.39 is 9.71 Å². The summed E-state index contributed by atoms with van der Waals surface area (Å²) < 4.78 is 13.7. The quantitative estimate of drug-likeness (QED) is 0.675. The number of nitrogens with zero attached hydrogens (tertiary/aromatic N) is 2. The lowest BCUT2D eigenvalue weighted by molar-refractivity contribution is 0.140. The highest BCUT2D eigenvalue weighted by Gasteiger charge is 2.24. The molecule has 1 fully saturated rings. The van der Waals surface area contributed by atoms with Crippen LogP contribution < -0.4 is 0 Å². The van der Waals surface area contributed by atoms with Crippen molar-refractivity contribution >= 4 is 15.6 Å². The normalized spacial score (nSPS) is 24.3. The molecular formula is C10H22N2O2S. The van der Waals surface area contributed by atoms with Gasteiger partial charge in [0.05, 0.1) is 6.61 Å². The largest absolute Gasteiger partial charge is 0.395 e. The van der Waals surface area contributed by atoms with E-state index in [4.69, 9.17) is 5.11 Å². The van der Waals surface area contributed by atoms with Crippen molar-refractivity contribution in [3.63, 3.8) is 0 Å². The number of piperidine rings is 1. The fourth-order valence-corrected chi connectivity index (χ4v) is 2.99. The Balaban J connectivity index is 2.42. The van der Waals surface area contributed by atoms with Crippen molar-refractivity contribution in [2.75, 3.05) is 39.5 Å². The second-order valence-electron chi connectivity index (χ2n) is 4.32. The molecule has 5 heteroatoms. The molecule has 0 bridgehead atoms. The van der Waals surface area contributed by atoms with Gasteiger partial charge in [-0.1, -0.05) is 0 Å². The van der Waals surface area contributed by atoms with E-state index in [-0.39, 0.29) is 6.61 Å². The average molecular weight is 234 g/mol. The van der Waals surface area contributed by atoms with Crippen LogP contribution in [0.3, 0.4) is 0 Å². The van der Waals surface area contributed by atoms with Crippen LogP contribution in [0, 0.1) is 0 Å². The number of hydrogen-bond donors (Lipinski definition) is 1. The molecule has 15 heavy (non-hydrogen) atoms. The van der Waals surface area contributed by atoms with Gasteiger partial charge >= 0.3 is 0 Å². The highest BCUT2D eigenvalue weighted by molar-refractivity contribution is 7.97. The predicted molar refractivity (Wildman–Crippen MR) is 65.5 cm³/mol. The molecule has 0 aliphatic carbocycles. The summed E-state index contributed by atoms with van der Waals surface area (Å²) in [5, 5.41) is 8.84. The van der Waals surface area contributed by atoms with Crippen LogP contribution in [0.5, 0.6) is 0 Å². The third kappa shape index (κ3) is 3.75. The highest BCUT2D eigenvalue weighted by Crippen LogP contribution is 2.16. The maximum atomic E-state index is 11.7. The Morgan fingerprint density at radius 3 is 2.47 bits per heavy atom. The maximum Gasteiger partial charge on any atom is 0.0558 e. The molecule has 1 rings (SSSR count). The lowest BCUT2D eigenvalue weighted by Crippen LogP contribution is -2.45. The minimum atomic E-state index is -2.02. The van der Waals surface area contributed by atoms with Gasteiger partial charge in [-0.2, -0.15) is 0 Å². The lowest BCUT2D eigenvalue weighted by atomic mass is 10.1.